The van der Waals surface area contributed by atoms with Crippen molar-refractivity contribution in [2.75, 3.05) is 25.0 Å². The summed E-state index contributed by atoms with van der Waals surface area (Å²) in [7, 11) is 0. The predicted molar refractivity (Wildman–Crippen MR) is 112 cm³/mol. The number of alkyl halides is 1. The van der Waals surface area contributed by atoms with Gasteiger partial charge in [0.1, 0.15) is 18.5 Å². The lowest BCUT2D eigenvalue weighted by Crippen LogP contribution is -2.49. The number of esters is 1. The summed E-state index contributed by atoms with van der Waals surface area (Å²) >= 11 is 0. The zero-order chi connectivity index (χ0) is 22.9. The smallest absolute Gasteiger partial charge is 0.338 e. The summed E-state index contributed by atoms with van der Waals surface area (Å²) in [6.45, 7) is 2.98. The summed E-state index contributed by atoms with van der Waals surface area (Å²) < 4.78 is 20.3. The van der Waals surface area contributed by atoms with Crippen LogP contribution in [0.3, 0.4) is 0 Å². The van der Waals surface area contributed by atoms with E-state index < -0.39 is 17.7 Å². The summed E-state index contributed by atoms with van der Waals surface area (Å²) in [5, 5.41) is 22.0. The van der Waals surface area contributed by atoms with E-state index in [-0.39, 0.29) is 31.2 Å². The van der Waals surface area contributed by atoms with Crippen LogP contribution in [0.25, 0.3) is 0 Å². The van der Waals surface area contributed by atoms with Crippen molar-refractivity contribution in [1.82, 2.24) is 9.88 Å². The molecule has 1 aromatic carbocycles. The van der Waals surface area contributed by atoms with E-state index in [1.165, 1.54) is 18.3 Å². The third-order valence-electron chi connectivity index (χ3n) is 6.19. The van der Waals surface area contributed by atoms with Gasteiger partial charge in [0, 0.05) is 44.2 Å². The lowest BCUT2D eigenvalue weighted by atomic mass is 9.91. The van der Waals surface area contributed by atoms with Crippen LogP contribution >= 0.6 is 0 Å². The van der Waals surface area contributed by atoms with Crippen molar-refractivity contribution in [2.24, 2.45) is 0 Å². The van der Waals surface area contributed by atoms with E-state index in [2.05, 4.69) is 10.3 Å². The average Bonchev–Trinajstić information content (AvgIpc) is 3.17. The number of ether oxygens (including phenoxy) is 1. The van der Waals surface area contributed by atoms with Gasteiger partial charge in [-0.25, -0.2) is 14.2 Å². The highest BCUT2D eigenvalue weighted by Crippen LogP contribution is 2.32. The number of nitriles is 1. The largest absolute Gasteiger partial charge is 0.457 e. The Hall–Kier alpha value is -3.35. The van der Waals surface area contributed by atoms with Gasteiger partial charge >= 0.3 is 5.97 Å². The van der Waals surface area contributed by atoms with E-state index in [0.717, 1.165) is 11.1 Å². The summed E-state index contributed by atoms with van der Waals surface area (Å²) in [5.74, 6) is -0.915. The quantitative estimate of drug-likeness (QED) is 0.689. The number of halogens is 1. The number of nitrogens with one attached hydrogen (secondary N) is 1. The van der Waals surface area contributed by atoms with Crippen molar-refractivity contribution < 1.29 is 23.8 Å². The second-order valence-electron chi connectivity index (χ2n) is 8.16. The number of pyridine rings is 1. The molecule has 32 heavy (non-hydrogen) atoms. The highest BCUT2D eigenvalue weighted by atomic mass is 19.1. The maximum Gasteiger partial charge on any atom is 0.338 e. The van der Waals surface area contributed by atoms with Crippen LogP contribution in [0.5, 0.6) is 0 Å². The molecule has 0 bridgehead atoms. The molecule has 1 aromatic heterocycles. The number of rotatable bonds is 5. The molecule has 166 valence electrons. The Kier molecular flexibility index (Phi) is 5.91. The number of piperidine rings is 1. The Balaban J connectivity index is 1.34. The molecular formula is C23H23FN4O4. The van der Waals surface area contributed by atoms with Crippen LogP contribution in [-0.4, -0.2) is 52.2 Å². The normalized spacial score (nSPS) is 18.4. The van der Waals surface area contributed by atoms with Crippen molar-refractivity contribution in [3.8, 4) is 6.07 Å². The Bertz CT molecular complexity index is 1090. The van der Waals surface area contributed by atoms with Gasteiger partial charge in [-0.15, -0.1) is 0 Å². The van der Waals surface area contributed by atoms with Crippen molar-refractivity contribution >= 4 is 17.7 Å². The number of nitrogens with zero attached hydrogens (tertiary/aromatic N) is 3. The summed E-state index contributed by atoms with van der Waals surface area (Å²) in [6.07, 6.45) is 0.494. The molecule has 2 aliphatic rings. The van der Waals surface area contributed by atoms with Gasteiger partial charge in [-0.1, -0.05) is 6.07 Å². The number of carbonyl (C=O) groups excluding carboxylic acids is 2. The van der Waals surface area contributed by atoms with Crippen LogP contribution in [0, 0.1) is 18.3 Å². The molecule has 2 aliphatic heterocycles. The average molecular weight is 438 g/mol. The second kappa shape index (κ2) is 8.65. The first-order chi connectivity index (χ1) is 15.3. The summed E-state index contributed by atoms with van der Waals surface area (Å²) in [6, 6.07) is 8.29. The van der Waals surface area contributed by atoms with Crippen molar-refractivity contribution in [3.63, 3.8) is 0 Å². The molecule has 0 unspecified atom stereocenters. The number of fused-ring (bicyclic) bond motifs is 1. The number of likely N-dealkylation sites (tertiary alicyclic amines) is 1. The number of hydrogen-bond donors (Lipinski definition) is 2. The topological polar surface area (TPSA) is 116 Å². The van der Waals surface area contributed by atoms with Crippen LogP contribution < -0.4 is 5.32 Å². The van der Waals surface area contributed by atoms with Crippen LogP contribution in [0.4, 0.5) is 10.2 Å². The van der Waals surface area contributed by atoms with Gasteiger partial charge in [-0.2, -0.15) is 5.26 Å². The fourth-order valence-corrected chi connectivity index (χ4v) is 4.15. The molecule has 2 aromatic rings. The van der Waals surface area contributed by atoms with E-state index in [9.17, 15) is 14.7 Å². The van der Waals surface area contributed by atoms with E-state index in [1.54, 1.807) is 12.1 Å². The second-order valence-corrected chi connectivity index (χ2v) is 8.16. The first-order valence-corrected chi connectivity index (χ1v) is 10.4. The van der Waals surface area contributed by atoms with E-state index in [1.807, 2.05) is 17.9 Å². The number of amides is 1. The maximum atomic E-state index is 15.3. The summed E-state index contributed by atoms with van der Waals surface area (Å²) in [4.78, 5) is 30.0. The molecule has 1 fully saturated rings. The zero-order valence-corrected chi connectivity index (χ0v) is 17.6. The number of aliphatic hydroxyl groups is 1. The van der Waals surface area contributed by atoms with Crippen molar-refractivity contribution in [2.45, 2.75) is 38.1 Å². The molecule has 1 atom stereocenters. The number of β-amino-alcohol motifs (C(OH)–C–C–N with tert-alkyl or cyclic N) is 1. The third-order valence-corrected chi connectivity index (χ3v) is 6.19. The fraction of sp³-hybridized carbons (Fsp3) is 0.391. The Morgan fingerprint density at radius 1 is 1.38 bits per heavy atom. The first kappa shape index (κ1) is 21.9. The number of cyclic esters (lactones) is 1. The highest BCUT2D eigenvalue weighted by Gasteiger charge is 2.42. The maximum absolute atomic E-state index is 15.3. The molecular weight excluding hydrogens is 415 g/mol. The van der Waals surface area contributed by atoms with Crippen LogP contribution in [-0.2, 0) is 16.1 Å². The molecule has 0 aliphatic carbocycles. The fourth-order valence-electron chi connectivity index (χ4n) is 4.15. The van der Waals surface area contributed by atoms with Crippen LogP contribution in [0.2, 0.25) is 0 Å². The molecule has 0 saturated carbocycles. The van der Waals surface area contributed by atoms with Gasteiger partial charge in [0.15, 0.2) is 5.67 Å². The third kappa shape index (κ3) is 4.20. The predicted octanol–water partition coefficient (Wildman–Crippen LogP) is 2.41. The van der Waals surface area contributed by atoms with E-state index in [0.29, 0.717) is 36.3 Å². The number of anilines is 1. The zero-order valence-electron chi connectivity index (χ0n) is 17.6. The standard InChI is InChI=1S/C23H23FN4O4/c1-14-16(3-4-17-18(14)13-32-21(17)30)19(29)12-28-8-6-23(24,7-9-28)22(31)27-20-5-2-15(10-25)11-26-20/h2-5,11,19,29H,6-9,12-13H2,1H3,(H,26,27,31)/t19-/m0/s1. The monoisotopic (exact) mass is 438 g/mol. The molecule has 8 nitrogen and oxygen atoms in total. The molecule has 1 amide bonds. The SMILES string of the molecule is Cc1c([C@@H](O)CN2CCC(F)(C(=O)Nc3ccc(C#N)cn3)CC2)ccc2c1COC2=O. The van der Waals surface area contributed by atoms with Gasteiger partial charge < -0.3 is 20.1 Å². The van der Waals surface area contributed by atoms with Gasteiger partial charge in [-0.3, -0.25) is 4.79 Å². The lowest BCUT2D eigenvalue weighted by molar-refractivity contribution is -0.130. The molecule has 0 radical (unpaired) electrons. The van der Waals surface area contributed by atoms with Gasteiger partial charge in [0.2, 0.25) is 0 Å². The first-order valence-electron chi connectivity index (χ1n) is 10.4. The number of aliphatic hydroxyl groups excluding tert-OH is 1. The lowest BCUT2D eigenvalue weighted by Gasteiger charge is -2.36. The van der Waals surface area contributed by atoms with Gasteiger partial charge in [0.05, 0.1) is 17.2 Å². The molecule has 0 spiro atoms. The minimum Gasteiger partial charge on any atom is -0.457 e. The van der Waals surface area contributed by atoms with Crippen molar-refractivity contribution in [3.05, 3.63) is 58.3 Å². The Morgan fingerprint density at radius 3 is 2.78 bits per heavy atom. The van der Waals surface area contributed by atoms with Crippen molar-refractivity contribution in [1.29, 1.82) is 5.26 Å². The Labute approximate surface area is 184 Å². The molecule has 3 heterocycles. The number of carbonyl (C=O) groups is 2. The molecule has 2 N–H and O–H groups in total. The minimum atomic E-state index is -2.03. The molecule has 1 saturated heterocycles. The number of aromatic nitrogens is 1. The van der Waals surface area contributed by atoms with Gasteiger partial charge in [0.25, 0.3) is 5.91 Å². The minimum absolute atomic E-state index is 0.00660. The van der Waals surface area contributed by atoms with E-state index >= 15 is 4.39 Å². The number of hydrogen-bond acceptors (Lipinski definition) is 7. The van der Waals surface area contributed by atoms with Crippen LogP contribution in [0.15, 0.2) is 30.5 Å². The number of benzene rings is 1. The Morgan fingerprint density at radius 2 is 2.12 bits per heavy atom. The highest BCUT2D eigenvalue weighted by molar-refractivity contribution is 5.96. The summed E-state index contributed by atoms with van der Waals surface area (Å²) in [5.41, 5.74) is 1.18. The van der Waals surface area contributed by atoms with Gasteiger partial charge in [-0.05, 0) is 36.2 Å². The van der Waals surface area contributed by atoms with Crippen LogP contribution in [0.1, 0.15) is 51.6 Å². The van der Waals surface area contributed by atoms with E-state index in [4.69, 9.17) is 10.00 Å². The molecule has 4 rings (SSSR count). The molecule has 9 heteroatoms.